The van der Waals surface area contributed by atoms with Crippen molar-refractivity contribution < 1.29 is 28.7 Å². The van der Waals surface area contributed by atoms with Gasteiger partial charge in [-0.3, -0.25) is 14.4 Å². The van der Waals surface area contributed by atoms with Crippen LogP contribution in [0, 0.1) is 40.4 Å². The van der Waals surface area contributed by atoms with Crippen molar-refractivity contribution >= 4 is 23.6 Å². The highest BCUT2D eigenvalue weighted by atomic mass is 16.6. The van der Waals surface area contributed by atoms with Gasteiger partial charge in [0.15, 0.2) is 5.78 Å². The molecule has 0 unspecified atom stereocenters. The lowest BCUT2D eigenvalue weighted by molar-refractivity contribution is -0.163. The Labute approximate surface area is 234 Å². The van der Waals surface area contributed by atoms with E-state index in [9.17, 15) is 19.2 Å². The summed E-state index contributed by atoms with van der Waals surface area (Å²) in [5, 5.41) is 2.54. The molecule has 0 spiro atoms. The van der Waals surface area contributed by atoms with Gasteiger partial charge >= 0.3 is 12.1 Å². The minimum absolute atomic E-state index is 0.0277. The highest BCUT2D eigenvalue weighted by Crippen LogP contribution is 2.67. The molecule has 4 aliphatic carbocycles. The maximum atomic E-state index is 12.6. The van der Waals surface area contributed by atoms with E-state index in [0.29, 0.717) is 23.5 Å². The van der Waals surface area contributed by atoms with Crippen molar-refractivity contribution in [1.29, 1.82) is 0 Å². The summed E-state index contributed by atoms with van der Waals surface area (Å²) in [6.45, 7) is 13.6. The van der Waals surface area contributed by atoms with Gasteiger partial charge in [0.25, 0.3) is 0 Å². The van der Waals surface area contributed by atoms with Gasteiger partial charge in [0.2, 0.25) is 0 Å². The SMILES string of the molecule is CC(=O)[C@H]1CC[C@H]2[C@@H]3CC[C@H]4C[C@H](OC(=O)CCC(=O)[C@H](C)NC(=O)OC(C)(C)C)CC[C@]4(C)[C@H]3CC[C@]12C. The number of amides is 1. The predicted octanol–water partition coefficient (Wildman–Crippen LogP) is 6.41. The summed E-state index contributed by atoms with van der Waals surface area (Å²) in [4.78, 5) is 49.4. The number of Topliss-reactive ketones (excluding diaryl/α,β-unsaturated/α-hetero) is 2. The predicted molar refractivity (Wildman–Crippen MR) is 149 cm³/mol. The van der Waals surface area contributed by atoms with Crippen LogP contribution < -0.4 is 5.32 Å². The van der Waals surface area contributed by atoms with Gasteiger partial charge in [-0.15, -0.1) is 0 Å². The molecule has 0 aliphatic heterocycles. The molecule has 0 radical (unpaired) electrons. The highest BCUT2D eigenvalue weighted by Gasteiger charge is 2.61. The average molecular weight is 546 g/mol. The summed E-state index contributed by atoms with van der Waals surface area (Å²) < 4.78 is 11.1. The molecule has 0 aromatic heterocycles. The smallest absolute Gasteiger partial charge is 0.408 e. The fourth-order valence-corrected chi connectivity index (χ4v) is 9.24. The molecule has 4 rings (SSSR count). The third kappa shape index (κ3) is 6.22. The highest BCUT2D eigenvalue weighted by molar-refractivity contribution is 5.89. The lowest BCUT2D eigenvalue weighted by Crippen LogP contribution is -2.54. The fourth-order valence-electron chi connectivity index (χ4n) is 9.24. The van der Waals surface area contributed by atoms with Gasteiger partial charge in [-0.05, 0) is 127 Å². The zero-order chi connectivity index (χ0) is 28.8. The van der Waals surface area contributed by atoms with Crippen LogP contribution in [0.3, 0.4) is 0 Å². The number of ketones is 2. The number of carbonyl (C=O) groups excluding carboxylic acids is 4. The van der Waals surface area contributed by atoms with E-state index >= 15 is 0 Å². The second kappa shape index (κ2) is 11.2. The molecule has 0 heterocycles. The molecule has 0 bridgehead atoms. The molecule has 39 heavy (non-hydrogen) atoms. The van der Waals surface area contributed by atoms with Crippen molar-refractivity contribution in [3.8, 4) is 0 Å². The molecular formula is C32H51NO6. The Morgan fingerprint density at radius 1 is 0.897 bits per heavy atom. The minimum Gasteiger partial charge on any atom is -0.462 e. The van der Waals surface area contributed by atoms with Crippen LogP contribution in [0.2, 0.25) is 0 Å². The maximum Gasteiger partial charge on any atom is 0.408 e. The van der Waals surface area contributed by atoms with E-state index < -0.39 is 17.7 Å². The molecule has 9 atom stereocenters. The van der Waals surface area contributed by atoms with Crippen LogP contribution in [0.1, 0.15) is 119 Å². The molecule has 0 saturated heterocycles. The van der Waals surface area contributed by atoms with Crippen molar-refractivity contribution in [2.24, 2.45) is 40.4 Å². The van der Waals surface area contributed by atoms with Crippen LogP contribution in [0.4, 0.5) is 4.79 Å². The lowest BCUT2D eigenvalue weighted by Gasteiger charge is -2.61. The molecule has 0 aromatic carbocycles. The van der Waals surface area contributed by atoms with E-state index in [1.807, 2.05) is 0 Å². The van der Waals surface area contributed by atoms with Crippen molar-refractivity contribution in [3.63, 3.8) is 0 Å². The number of hydrogen-bond acceptors (Lipinski definition) is 6. The number of esters is 1. The Morgan fingerprint density at radius 3 is 2.23 bits per heavy atom. The van der Waals surface area contributed by atoms with Crippen molar-refractivity contribution in [2.45, 2.75) is 137 Å². The zero-order valence-electron chi connectivity index (χ0n) is 25.3. The minimum atomic E-state index is -0.721. The molecule has 4 saturated carbocycles. The maximum absolute atomic E-state index is 12.6. The molecule has 7 heteroatoms. The quantitative estimate of drug-likeness (QED) is 0.371. The molecule has 220 valence electrons. The number of nitrogens with one attached hydrogen (secondary N) is 1. The van der Waals surface area contributed by atoms with Gasteiger partial charge in [0.1, 0.15) is 17.5 Å². The Hall–Kier alpha value is -1.92. The van der Waals surface area contributed by atoms with E-state index in [1.54, 1.807) is 34.6 Å². The Balaban J connectivity index is 1.26. The number of ether oxygens (including phenoxy) is 2. The van der Waals surface area contributed by atoms with Crippen molar-refractivity contribution in [1.82, 2.24) is 5.32 Å². The summed E-state index contributed by atoms with van der Waals surface area (Å²) >= 11 is 0. The van der Waals surface area contributed by atoms with Crippen LogP contribution in [0.25, 0.3) is 0 Å². The van der Waals surface area contributed by atoms with Gasteiger partial charge in [0, 0.05) is 12.3 Å². The van der Waals surface area contributed by atoms with E-state index in [4.69, 9.17) is 9.47 Å². The molecule has 4 aliphatic rings. The fraction of sp³-hybridized carbons (Fsp3) is 0.875. The molecule has 1 N–H and O–H groups in total. The second-order valence-electron chi connectivity index (χ2n) is 14.7. The first-order valence-electron chi connectivity index (χ1n) is 15.4. The zero-order valence-corrected chi connectivity index (χ0v) is 25.3. The monoisotopic (exact) mass is 545 g/mol. The third-order valence-electron chi connectivity index (χ3n) is 11.2. The largest absolute Gasteiger partial charge is 0.462 e. The van der Waals surface area contributed by atoms with Crippen molar-refractivity contribution in [3.05, 3.63) is 0 Å². The second-order valence-corrected chi connectivity index (χ2v) is 14.7. The lowest BCUT2D eigenvalue weighted by atomic mass is 9.44. The Morgan fingerprint density at radius 2 is 1.56 bits per heavy atom. The normalized spacial score (nSPS) is 38.4. The third-order valence-corrected chi connectivity index (χ3v) is 11.2. The van der Waals surface area contributed by atoms with Gasteiger partial charge in [-0.2, -0.15) is 0 Å². The van der Waals surface area contributed by atoms with E-state index in [-0.39, 0.29) is 47.4 Å². The van der Waals surface area contributed by atoms with Crippen LogP contribution >= 0.6 is 0 Å². The average Bonchev–Trinajstić information content (AvgIpc) is 3.19. The van der Waals surface area contributed by atoms with Crippen molar-refractivity contribution in [2.75, 3.05) is 0 Å². The summed E-state index contributed by atoms with van der Waals surface area (Å²) in [7, 11) is 0. The summed E-state index contributed by atoms with van der Waals surface area (Å²) in [5.41, 5.74) is -0.181. The van der Waals surface area contributed by atoms with E-state index in [2.05, 4.69) is 19.2 Å². The van der Waals surface area contributed by atoms with Gasteiger partial charge in [-0.1, -0.05) is 13.8 Å². The summed E-state index contributed by atoms with van der Waals surface area (Å²) in [6.07, 6.45) is 9.27. The standard InChI is InChI=1S/C32H51NO6/c1-19(33-29(37)39-30(3,4)5)27(35)12-13-28(36)38-22-14-16-31(6)21(18-22)8-9-23-25-11-10-24(20(2)34)32(25,7)17-15-26(23)31/h19,21-26H,8-18H2,1-7H3,(H,33,37)/t19-,21-,22+,23-,24+,25-,26-,31-,32+/m0/s1. The number of fused-ring (bicyclic) bond motifs is 5. The summed E-state index contributed by atoms with van der Waals surface area (Å²) in [5.74, 6) is 2.73. The molecule has 7 nitrogen and oxygen atoms in total. The number of hydrogen-bond donors (Lipinski definition) is 1. The topological polar surface area (TPSA) is 98.8 Å². The molecule has 4 fully saturated rings. The molecule has 1 amide bonds. The van der Waals surface area contributed by atoms with Gasteiger partial charge in [-0.25, -0.2) is 4.79 Å². The first kappa shape index (κ1) is 30.0. The van der Waals surface area contributed by atoms with Crippen LogP contribution in [-0.4, -0.2) is 41.4 Å². The number of carbonyl (C=O) groups is 4. The first-order valence-corrected chi connectivity index (χ1v) is 15.4. The van der Waals surface area contributed by atoms with Gasteiger partial charge in [0.05, 0.1) is 12.5 Å². The van der Waals surface area contributed by atoms with Crippen LogP contribution in [0.5, 0.6) is 0 Å². The molecule has 0 aromatic rings. The number of alkyl carbamates (subject to hydrolysis) is 1. The summed E-state index contributed by atoms with van der Waals surface area (Å²) in [6, 6.07) is -0.721. The van der Waals surface area contributed by atoms with Crippen LogP contribution in [0.15, 0.2) is 0 Å². The Bertz CT molecular complexity index is 970. The van der Waals surface area contributed by atoms with Crippen LogP contribution in [-0.2, 0) is 23.9 Å². The molecular weight excluding hydrogens is 494 g/mol. The van der Waals surface area contributed by atoms with E-state index in [0.717, 1.165) is 31.6 Å². The number of rotatable bonds is 7. The van der Waals surface area contributed by atoms with Gasteiger partial charge < -0.3 is 14.8 Å². The first-order chi connectivity index (χ1) is 18.1. The van der Waals surface area contributed by atoms with E-state index in [1.165, 1.54) is 32.1 Å². The Kier molecular flexibility index (Phi) is 8.60.